The average molecular weight is 344 g/mol. The highest BCUT2D eigenvalue weighted by Gasteiger charge is 2.28. The normalized spacial score (nSPS) is 11.0. The van der Waals surface area contributed by atoms with Crippen LogP contribution in [0.15, 0.2) is 36.5 Å². The molecule has 5 nitrogen and oxygen atoms in total. The number of halogens is 4. The molecular weight excluding hydrogens is 332 g/mol. The first kappa shape index (κ1) is 17.5. The number of ether oxygens (including phenoxy) is 2. The van der Waals surface area contributed by atoms with E-state index in [1.165, 1.54) is 19.2 Å². The summed E-state index contributed by atoms with van der Waals surface area (Å²) in [6.07, 6.45) is -3.41. The van der Waals surface area contributed by atoms with Gasteiger partial charge in [-0.05, 0) is 18.2 Å². The summed E-state index contributed by atoms with van der Waals surface area (Å²) in [4.78, 5) is 15.7. The fourth-order valence-corrected chi connectivity index (χ4v) is 1.72. The van der Waals surface area contributed by atoms with Crippen LogP contribution in [0.1, 0.15) is 10.4 Å². The number of anilines is 1. The molecule has 0 bridgehead atoms. The van der Waals surface area contributed by atoms with Gasteiger partial charge in [-0.2, -0.15) is 13.2 Å². The Morgan fingerprint density at radius 1 is 1.25 bits per heavy atom. The summed E-state index contributed by atoms with van der Waals surface area (Å²) in [7, 11) is 1.32. The third-order valence-electron chi connectivity index (χ3n) is 2.79. The van der Waals surface area contributed by atoms with Crippen molar-refractivity contribution in [3.8, 4) is 11.6 Å². The summed E-state index contributed by atoms with van der Waals surface area (Å²) in [6, 6.07) is 5.96. The molecule has 24 heavy (non-hydrogen) atoms. The highest BCUT2D eigenvalue weighted by Crippen LogP contribution is 2.25. The molecule has 0 atom stereocenters. The van der Waals surface area contributed by atoms with Crippen LogP contribution in [-0.2, 0) is 0 Å². The first-order valence-electron chi connectivity index (χ1n) is 6.59. The Balaban J connectivity index is 2.05. The molecule has 1 amide bonds. The van der Waals surface area contributed by atoms with Crippen LogP contribution in [0, 0.1) is 5.82 Å². The maximum Gasteiger partial charge on any atom is 0.422 e. The Morgan fingerprint density at radius 2 is 2.00 bits per heavy atom. The van der Waals surface area contributed by atoms with E-state index >= 15 is 0 Å². The van der Waals surface area contributed by atoms with E-state index in [2.05, 4.69) is 15.0 Å². The van der Waals surface area contributed by atoms with Gasteiger partial charge in [-0.15, -0.1) is 0 Å². The van der Waals surface area contributed by atoms with Crippen molar-refractivity contribution in [1.82, 2.24) is 4.98 Å². The molecular formula is C15H12F4N2O3. The lowest BCUT2D eigenvalue weighted by Crippen LogP contribution is -2.19. The summed E-state index contributed by atoms with van der Waals surface area (Å²) in [5.74, 6) is -1.25. The van der Waals surface area contributed by atoms with Gasteiger partial charge in [0, 0.05) is 18.3 Å². The maximum atomic E-state index is 13.1. The second kappa shape index (κ2) is 7.16. The third kappa shape index (κ3) is 4.83. The lowest BCUT2D eigenvalue weighted by molar-refractivity contribution is -0.154. The molecule has 1 aromatic carbocycles. The van der Waals surface area contributed by atoms with Gasteiger partial charge in [-0.3, -0.25) is 4.79 Å². The fraction of sp³-hybridized carbons (Fsp3) is 0.200. The van der Waals surface area contributed by atoms with Crippen molar-refractivity contribution >= 4 is 11.6 Å². The SMILES string of the molecule is COc1cc(F)ccc1NC(=O)c1ccc(OCC(F)(F)F)nc1. The zero-order valence-electron chi connectivity index (χ0n) is 12.4. The van der Waals surface area contributed by atoms with Crippen LogP contribution in [0.4, 0.5) is 23.2 Å². The summed E-state index contributed by atoms with van der Waals surface area (Å²) in [5, 5.41) is 2.49. The van der Waals surface area contributed by atoms with E-state index in [-0.39, 0.29) is 22.9 Å². The van der Waals surface area contributed by atoms with Crippen LogP contribution in [0.25, 0.3) is 0 Å². The predicted molar refractivity (Wildman–Crippen MR) is 76.7 cm³/mol. The first-order chi connectivity index (χ1) is 11.3. The van der Waals surface area contributed by atoms with E-state index < -0.39 is 24.5 Å². The molecule has 1 heterocycles. The number of rotatable bonds is 5. The third-order valence-corrected chi connectivity index (χ3v) is 2.79. The summed E-state index contributed by atoms with van der Waals surface area (Å²) >= 11 is 0. The number of pyridine rings is 1. The van der Waals surface area contributed by atoms with Gasteiger partial charge < -0.3 is 14.8 Å². The zero-order chi connectivity index (χ0) is 17.7. The van der Waals surface area contributed by atoms with Gasteiger partial charge in [-0.1, -0.05) is 0 Å². The number of hydrogen-bond acceptors (Lipinski definition) is 4. The average Bonchev–Trinajstić information content (AvgIpc) is 2.54. The van der Waals surface area contributed by atoms with Crippen LogP contribution in [0.5, 0.6) is 11.6 Å². The molecule has 2 rings (SSSR count). The molecule has 0 unspecified atom stereocenters. The van der Waals surface area contributed by atoms with Gasteiger partial charge in [0.1, 0.15) is 11.6 Å². The minimum Gasteiger partial charge on any atom is -0.494 e. The van der Waals surface area contributed by atoms with Crippen LogP contribution < -0.4 is 14.8 Å². The van der Waals surface area contributed by atoms with Crippen molar-refractivity contribution in [2.75, 3.05) is 19.0 Å². The van der Waals surface area contributed by atoms with Crippen molar-refractivity contribution in [3.05, 3.63) is 47.9 Å². The number of nitrogens with zero attached hydrogens (tertiary/aromatic N) is 1. The molecule has 1 N–H and O–H groups in total. The smallest absolute Gasteiger partial charge is 0.422 e. The minimum atomic E-state index is -4.48. The highest BCUT2D eigenvalue weighted by atomic mass is 19.4. The van der Waals surface area contributed by atoms with Crippen molar-refractivity contribution in [1.29, 1.82) is 0 Å². The Labute approximate surface area is 134 Å². The van der Waals surface area contributed by atoms with Crippen LogP contribution in [0.2, 0.25) is 0 Å². The fourth-order valence-electron chi connectivity index (χ4n) is 1.72. The number of benzene rings is 1. The molecule has 0 spiro atoms. The second-order valence-corrected chi connectivity index (χ2v) is 4.59. The Bertz CT molecular complexity index is 718. The largest absolute Gasteiger partial charge is 0.494 e. The molecule has 0 aliphatic rings. The molecule has 0 radical (unpaired) electrons. The van der Waals surface area contributed by atoms with Gasteiger partial charge in [0.2, 0.25) is 5.88 Å². The highest BCUT2D eigenvalue weighted by molar-refractivity contribution is 6.04. The number of nitrogens with one attached hydrogen (secondary N) is 1. The number of hydrogen-bond donors (Lipinski definition) is 1. The molecule has 0 fully saturated rings. The van der Waals surface area contributed by atoms with Gasteiger partial charge in [-0.25, -0.2) is 9.37 Å². The van der Waals surface area contributed by atoms with E-state index in [1.807, 2.05) is 0 Å². The molecule has 1 aromatic heterocycles. The topological polar surface area (TPSA) is 60.5 Å². The second-order valence-electron chi connectivity index (χ2n) is 4.59. The van der Waals surface area contributed by atoms with Crippen LogP contribution in [0.3, 0.4) is 0 Å². The van der Waals surface area contributed by atoms with Crippen molar-refractivity contribution < 1.29 is 31.8 Å². The predicted octanol–water partition coefficient (Wildman–Crippen LogP) is 3.42. The molecule has 128 valence electrons. The van der Waals surface area contributed by atoms with E-state index in [0.717, 1.165) is 24.4 Å². The lowest BCUT2D eigenvalue weighted by Gasteiger charge is -2.11. The maximum absolute atomic E-state index is 13.1. The Morgan fingerprint density at radius 3 is 2.58 bits per heavy atom. The monoisotopic (exact) mass is 344 g/mol. The summed E-state index contributed by atoms with van der Waals surface area (Å²) in [6.45, 7) is -1.47. The van der Waals surface area contributed by atoms with Crippen molar-refractivity contribution in [2.45, 2.75) is 6.18 Å². The lowest BCUT2D eigenvalue weighted by atomic mass is 10.2. The van der Waals surface area contributed by atoms with Gasteiger partial charge in [0.15, 0.2) is 6.61 Å². The Kier molecular flexibility index (Phi) is 5.22. The van der Waals surface area contributed by atoms with E-state index in [0.29, 0.717) is 0 Å². The first-order valence-corrected chi connectivity index (χ1v) is 6.59. The Hall–Kier alpha value is -2.84. The number of aromatic nitrogens is 1. The van der Waals surface area contributed by atoms with Crippen LogP contribution in [-0.4, -0.2) is 30.8 Å². The van der Waals surface area contributed by atoms with E-state index in [1.54, 1.807) is 0 Å². The molecule has 2 aromatic rings. The molecule has 0 aliphatic heterocycles. The zero-order valence-corrected chi connectivity index (χ0v) is 12.4. The van der Waals surface area contributed by atoms with Gasteiger partial charge in [0.05, 0.1) is 18.4 Å². The van der Waals surface area contributed by atoms with Gasteiger partial charge in [0.25, 0.3) is 5.91 Å². The molecule has 0 aliphatic carbocycles. The molecule has 0 saturated carbocycles. The number of methoxy groups -OCH3 is 1. The quantitative estimate of drug-likeness (QED) is 0.845. The van der Waals surface area contributed by atoms with E-state index in [4.69, 9.17) is 4.74 Å². The van der Waals surface area contributed by atoms with E-state index in [9.17, 15) is 22.4 Å². The molecule has 9 heteroatoms. The number of amides is 1. The van der Waals surface area contributed by atoms with Crippen molar-refractivity contribution in [3.63, 3.8) is 0 Å². The summed E-state index contributed by atoms with van der Waals surface area (Å²) in [5.41, 5.74) is 0.321. The van der Waals surface area contributed by atoms with Crippen molar-refractivity contribution in [2.24, 2.45) is 0 Å². The molecule has 0 saturated heterocycles. The minimum absolute atomic E-state index is 0.0840. The number of alkyl halides is 3. The number of carbonyl (C=O) groups is 1. The van der Waals surface area contributed by atoms with Crippen LogP contribution >= 0.6 is 0 Å². The number of carbonyl (C=O) groups excluding carboxylic acids is 1. The standard InChI is InChI=1S/C15H12F4N2O3/c1-23-12-6-10(16)3-4-11(12)21-14(22)9-2-5-13(20-7-9)24-8-15(17,18)19/h2-7H,8H2,1H3,(H,21,22). The van der Waals surface area contributed by atoms with Gasteiger partial charge >= 0.3 is 6.18 Å². The summed E-state index contributed by atoms with van der Waals surface area (Å²) < 4.78 is 58.6.